The van der Waals surface area contributed by atoms with Gasteiger partial charge in [-0.15, -0.1) is 0 Å². The largest absolute Gasteiger partial charge is 0.345 e. The standard InChI is InChI=1S/C14H11N3O/c1-9-6-13(17-14(18)16-9)11-7-10-4-2-3-5-12(10)15-8-11/h2-8H,1H3,(H,16,17,18). The number of hydrogen-bond donors (Lipinski definition) is 1. The summed E-state index contributed by atoms with van der Waals surface area (Å²) in [5.41, 5.74) is 2.89. The van der Waals surface area contributed by atoms with Crippen molar-refractivity contribution in [3.63, 3.8) is 0 Å². The third-order valence-electron chi connectivity index (χ3n) is 2.77. The molecule has 18 heavy (non-hydrogen) atoms. The van der Waals surface area contributed by atoms with Gasteiger partial charge < -0.3 is 4.98 Å². The molecule has 0 unspecified atom stereocenters. The molecule has 0 saturated heterocycles. The van der Waals surface area contributed by atoms with Gasteiger partial charge >= 0.3 is 5.69 Å². The fourth-order valence-corrected chi connectivity index (χ4v) is 1.94. The normalized spacial score (nSPS) is 10.7. The van der Waals surface area contributed by atoms with Gasteiger partial charge in [-0.2, -0.15) is 4.98 Å². The molecule has 0 radical (unpaired) electrons. The van der Waals surface area contributed by atoms with E-state index in [4.69, 9.17) is 0 Å². The van der Waals surface area contributed by atoms with E-state index in [0.717, 1.165) is 22.2 Å². The van der Waals surface area contributed by atoms with Gasteiger partial charge in [0.2, 0.25) is 0 Å². The quantitative estimate of drug-likeness (QED) is 0.706. The minimum absolute atomic E-state index is 0.335. The monoisotopic (exact) mass is 237 g/mol. The topological polar surface area (TPSA) is 58.6 Å². The lowest BCUT2D eigenvalue weighted by Gasteiger charge is -2.03. The van der Waals surface area contributed by atoms with E-state index in [9.17, 15) is 4.79 Å². The van der Waals surface area contributed by atoms with Crippen LogP contribution in [-0.2, 0) is 0 Å². The first-order chi connectivity index (χ1) is 8.72. The molecule has 3 rings (SSSR count). The van der Waals surface area contributed by atoms with Crippen molar-refractivity contribution in [3.8, 4) is 11.3 Å². The molecule has 4 nitrogen and oxygen atoms in total. The third kappa shape index (κ3) is 1.88. The van der Waals surface area contributed by atoms with Crippen molar-refractivity contribution in [3.05, 3.63) is 58.8 Å². The van der Waals surface area contributed by atoms with Gasteiger partial charge in [-0.05, 0) is 25.1 Å². The van der Waals surface area contributed by atoms with Crippen molar-refractivity contribution >= 4 is 10.9 Å². The highest BCUT2D eigenvalue weighted by atomic mass is 16.1. The lowest BCUT2D eigenvalue weighted by Crippen LogP contribution is -2.11. The van der Waals surface area contributed by atoms with Gasteiger partial charge in [0, 0.05) is 22.8 Å². The predicted octanol–water partition coefficient (Wildman–Crippen LogP) is 2.29. The summed E-state index contributed by atoms with van der Waals surface area (Å²) >= 11 is 0. The van der Waals surface area contributed by atoms with E-state index in [1.54, 1.807) is 6.20 Å². The molecule has 0 aliphatic carbocycles. The number of aromatic nitrogens is 3. The van der Waals surface area contributed by atoms with Crippen molar-refractivity contribution in [2.75, 3.05) is 0 Å². The number of benzene rings is 1. The minimum atomic E-state index is -0.335. The molecule has 0 fully saturated rings. The first-order valence-electron chi connectivity index (χ1n) is 5.65. The van der Waals surface area contributed by atoms with Gasteiger partial charge in [0.15, 0.2) is 0 Å². The lowest BCUT2D eigenvalue weighted by molar-refractivity contribution is 1.03. The average molecular weight is 237 g/mol. The Kier molecular flexibility index (Phi) is 2.41. The van der Waals surface area contributed by atoms with Crippen molar-refractivity contribution in [2.24, 2.45) is 0 Å². The molecule has 2 aromatic heterocycles. The van der Waals surface area contributed by atoms with Crippen molar-refractivity contribution < 1.29 is 0 Å². The van der Waals surface area contributed by atoms with Crippen LogP contribution in [0.15, 0.2) is 47.4 Å². The fourth-order valence-electron chi connectivity index (χ4n) is 1.94. The van der Waals surface area contributed by atoms with E-state index in [0.29, 0.717) is 5.69 Å². The van der Waals surface area contributed by atoms with Gasteiger partial charge in [0.25, 0.3) is 0 Å². The van der Waals surface area contributed by atoms with Crippen molar-refractivity contribution in [1.82, 2.24) is 15.0 Å². The molecule has 0 aliphatic heterocycles. The maximum atomic E-state index is 11.4. The number of aryl methyl sites for hydroxylation is 1. The van der Waals surface area contributed by atoms with Crippen LogP contribution in [0, 0.1) is 6.92 Å². The summed E-state index contributed by atoms with van der Waals surface area (Å²) in [6.07, 6.45) is 1.74. The molecular weight excluding hydrogens is 226 g/mol. The van der Waals surface area contributed by atoms with Gasteiger partial charge in [-0.3, -0.25) is 4.98 Å². The summed E-state index contributed by atoms with van der Waals surface area (Å²) in [6.45, 7) is 1.83. The van der Waals surface area contributed by atoms with E-state index >= 15 is 0 Å². The van der Waals surface area contributed by atoms with Crippen molar-refractivity contribution in [2.45, 2.75) is 6.92 Å². The summed E-state index contributed by atoms with van der Waals surface area (Å²) in [4.78, 5) is 22.3. The Labute approximate surface area is 103 Å². The van der Waals surface area contributed by atoms with Crippen molar-refractivity contribution in [1.29, 1.82) is 0 Å². The Morgan fingerprint density at radius 3 is 2.83 bits per heavy atom. The van der Waals surface area contributed by atoms with E-state index < -0.39 is 0 Å². The first kappa shape index (κ1) is 10.7. The zero-order chi connectivity index (χ0) is 12.5. The Bertz CT molecular complexity index is 777. The van der Waals surface area contributed by atoms with E-state index in [2.05, 4.69) is 15.0 Å². The molecular formula is C14H11N3O. The summed E-state index contributed by atoms with van der Waals surface area (Å²) in [6, 6.07) is 11.7. The van der Waals surface area contributed by atoms with Crippen LogP contribution in [-0.4, -0.2) is 15.0 Å². The molecule has 2 heterocycles. The second kappa shape index (κ2) is 4.07. The van der Waals surface area contributed by atoms with Gasteiger partial charge in [-0.25, -0.2) is 4.79 Å². The maximum absolute atomic E-state index is 11.4. The zero-order valence-electron chi connectivity index (χ0n) is 9.84. The van der Waals surface area contributed by atoms with E-state index in [1.165, 1.54) is 0 Å². The second-order valence-electron chi connectivity index (χ2n) is 4.17. The molecule has 0 amide bonds. The van der Waals surface area contributed by atoms with E-state index in [-0.39, 0.29) is 5.69 Å². The highest BCUT2D eigenvalue weighted by molar-refractivity contribution is 5.82. The molecule has 4 heteroatoms. The summed E-state index contributed by atoms with van der Waals surface area (Å²) in [5, 5.41) is 1.04. The fraction of sp³-hybridized carbons (Fsp3) is 0.0714. The highest BCUT2D eigenvalue weighted by Crippen LogP contribution is 2.20. The van der Waals surface area contributed by atoms with E-state index in [1.807, 2.05) is 43.3 Å². The van der Waals surface area contributed by atoms with Crippen LogP contribution in [0.4, 0.5) is 0 Å². The van der Waals surface area contributed by atoms with Crippen LogP contribution in [0.3, 0.4) is 0 Å². The molecule has 1 aromatic carbocycles. The van der Waals surface area contributed by atoms with Crippen LogP contribution in [0.2, 0.25) is 0 Å². The number of nitrogens with zero attached hydrogens (tertiary/aromatic N) is 2. The van der Waals surface area contributed by atoms with Crippen LogP contribution < -0.4 is 5.69 Å². The Hall–Kier alpha value is -2.49. The van der Waals surface area contributed by atoms with Crippen LogP contribution in [0.5, 0.6) is 0 Å². The smallest absolute Gasteiger partial charge is 0.310 e. The minimum Gasteiger partial charge on any atom is -0.310 e. The molecule has 0 atom stereocenters. The van der Waals surface area contributed by atoms with Crippen LogP contribution in [0.1, 0.15) is 5.69 Å². The lowest BCUT2D eigenvalue weighted by atomic mass is 10.1. The number of fused-ring (bicyclic) bond motifs is 1. The Morgan fingerprint density at radius 1 is 1.17 bits per heavy atom. The number of pyridine rings is 1. The summed E-state index contributed by atoms with van der Waals surface area (Å²) in [7, 11) is 0. The van der Waals surface area contributed by atoms with Gasteiger partial charge in [-0.1, -0.05) is 18.2 Å². The zero-order valence-corrected chi connectivity index (χ0v) is 9.84. The molecule has 1 N–H and O–H groups in total. The van der Waals surface area contributed by atoms with Crippen LogP contribution in [0.25, 0.3) is 22.2 Å². The summed E-state index contributed by atoms with van der Waals surface area (Å²) < 4.78 is 0. The number of aromatic amines is 1. The number of para-hydroxylation sites is 1. The predicted molar refractivity (Wildman–Crippen MR) is 70.3 cm³/mol. The average Bonchev–Trinajstić information content (AvgIpc) is 2.37. The molecule has 0 aliphatic rings. The number of nitrogens with one attached hydrogen (secondary N) is 1. The van der Waals surface area contributed by atoms with Crippen LogP contribution >= 0.6 is 0 Å². The maximum Gasteiger partial charge on any atom is 0.345 e. The molecule has 88 valence electrons. The highest BCUT2D eigenvalue weighted by Gasteiger charge is 2.03. The SMILES string of the molecule is Cc1cc(-c2cnc3ccccc3c2)nc(=O)[nH]1. The summed E-state index contributed by atoms with van der Waals surface area (Å²) in [5.74, 6) is 0. The van der Waals surface area contributed by atoms with Gasteiger partial charge in [0.1, 0.15) is 0 Å². The van der Waals surface area contributed by atoms with Gasteiger partial charge in [0.05, 0.1) is 11.2 Å². The Balaban J connectivity index is 2.22. The third-order valence-corrected chi connectivity index (χ3v) is 2.77. The second-order valence-corrected chi connectivity index (χ2v) is 4.17. The molecule has 0 saturated carbocycles. The number of hydrogen-bond acceptors (Lipinski definition) is 3. The first-order valence-corrected chi connectivity index (χ1v) is 5.65. The molecule has 3 aromatic rings. The molecule has 0 bridgehead atoms. The number of H-pyrrole nitrogens is 1. The number of rotatable bonds is 1. The molecule has 0 spiro atoms. The Morgan fingerprint density at radius 2 is 2.00 bits per heavy atom.